The Morgan fingerprint density at radius 2 is 2.08 bits per heavy atom. The molecule has 1 heterocycles. The molecule has 0 aromatic carbocycles. The number of rotatable bonds is 4. The molecule has 0 aliphatic carbocycles. The number of hydrogen-bond donors (Lipinski definition) is 1. The molecule has 0 bridgehead atoms. The van der Waals surface area contributed by atoms with E-state index in [2.05, 4.69) is 31.0 Å². The smallest absolute Gasteiger partial charge is 0.0107 e. The highest BCUT2D eigenvalue weighted by atomic mass is 15.1. The molecule has 1 rings (SSSR count). The molecular formula is C11H24N2. The molecule has 1 aliphatic rings. The van der Waals surface area contributed by atoms with Crippen LogP contribution in [0.1, 0.15) is 33.6 Å². The molecule has 0 spiro atoms. The molecule has 2 unspecified atom stereocenters. The van der Waals surface area contributed by atoms with Crippen LogP contribution in [0.5, 0.6) is 0 Å². The van der Waals surface area contributed by atoms with Gasteiger partial charge in [-0.05, 0) is 51.9 Å². The van der Waals surface area contributed by atoms with Gasteiger partial charge in [-0.1, -0.05) is 13.8 Å². The van der Waals surface area contributed by atoms with Gasteiger partial charge in [0.2, 0.25) is 0 Å². The first-order valence-corrected chi connectivity index (χ1v) is 5.74. The van der Waals surface area contributed by atoms with Gasteiger partial charge in [-0.3, -0.25) is 0 Å². The maximum atomic E-state index is 3.49. The number of hydrogen-bond acceptors (Lipinski definition) is 2. The molecule has 78 valence electrons. The van der Waals surface area contributed by atoms with Gasteiger partial charge in [-0.25, -0.2) is 0 Å². The van der Waals surface area contributed by atoms with E-state index < -0.39 is 0 Å². The van der Waals surface area contributed by atoms with E-state index in [4.69, 9.17) is 0 Å². The largest absolute Gasteiger partial charge is 0.316 e. The predicted octanol–water partition coefficient (Wildman–Crippen LogP) is 1.72. The predicted molar refractivity (Wildman–Crippen MR) is 58.0 cm³/mol. The van der Waals surface area contributed by atoms with E-state index in [9.17, 15) is 0 Å². The van der Waals surface area contributed by atoms with Crippen molar-refractivity contribution < 1.29 is 0 Å². The van der Waals surface area contributed by atoms with Gasteiger partial charge in [0.15, 0.2) is 0 Å². The van der Waals surface area contributed by atoms with Crippen molar-refractivity contribution in [1.82, 2.24) is 10.2 Å². The summed E-state index contributed by atoms with van der Waals surface area (Å²) >= 11 is 0. The van der Waals surface area contributed by atoms with Crippen LogP contribution in [0.2, 0.25) is 0 Å². The molecule has 0 aromatic heterocycles. The Hall–Kier alpha value is -0.0800. The summed E-state index contributed by atoms with van der Waals surface area (Å²) in [6.45, 7) is 11.7. The van der Waals surface area contributed by atoms with Crippen LogP contribution in [-0.2, 0) is 0 Å². The lowest BCUT2D eigenvalue weighted by Crippen LogP contribution is -2.44. The summed E-state index contributed by atoms with van der Waals surface area (Å²) in [5.74, 6) is 0.869. The van der Waals surface area contributed by atoms with Gasteiger partial charge in [0.25, 0.3) is 0 Å². The summed E-state index contributed by atoms with van der Waals surface area (Å²) in [5.41, 5.74) is 0. The van der Waals surface area contributed by atoms with E-state index in [-0.39, 0.29) is 0 Å². The maximum absolute atomic E-state index is 3.49. The number of nitrogens with zero attached hydrogens (tertiary/aromatic N) is 1. The van der Waals surface area contributed by atoms with Crippen molar-refractivity contribution in [1.29, 1.82) is 0 Å². The Morgan fingerprint density at radius 3 is 2.54 bits per heavy atom. The van der Waals surface area contributed by atoms with Crippen molar-refractivity contribution in [2.45, 2.75) is 39.7 Å². The first kappa shape index (κ1) is 11.0. The minimum absolute atomic E-state index is 0.753. The number of piperidine rings is 1. The fourth-order valence-electron chi connectivity index (χ4n) is 2.39. The second-order valence-electron chi connectivity index (χ2n) is 4.07. The summed E-state index contributed by atoms with van der Waals surface area (Å²) in [7, 11) is 0. The van der Waals surface area contributed by atoms with E-state index in [1.165, 1.54) is 39.0 Å². The lowest BCUT2D eigenvalue weighted by molar-refractivity contribution is 0.149. The van der Waals surface area contributed by atoms with Gasteiger partial charge >= 0.3 is 0 Å². The first-order chi connectivity index (χ1) is 6.29. The third-order valence-electron chi connectivity index (χ3n) is 3.41. The molecule has 1 N–H and O–H groups in total. The Kier molecular flexibility index (Phi) is 4.74. The van der Waals surface area contributed by atoms with Crippen LogP contribution in [0, 0.1) is 5.92 Å². The zero-order valence-electron chi connectivity index (χ0n) is 9.34. The summed E-state index contributed by atoms with van der Waals surface area (Å²) in [5, 5.41) is 3.49. The van der Waals surface area contributed by atoms with Gasteiger partial charge in [-0.2, -0.15) is 0 Å². The Balaban J connectivity index is 2.38. The average molecular weight is 184 g/mol. The second kappa shape index (κ2) is 5.61. The zero-order chi connectivity index (χ0) is 9.68. The van der Waals surface area contributed by atoms with Gasteiger partial charge < -0.3 is 10.2 Å². The molecular weight excluding hydrogens is 160 g/mol. The highest BCUT2D eigenvalue weighted by Crippen LogP contribution is 2.18. The fourth-order valence-corrected chi connectivity index (χ4v) is 2.39. The summed E-state index contributed by atoms with van der Waals surface area (Å²) in [6.07, 6.45) is 2.76. The molecule has 0 saturated carbocycles. The van der Waals surface area contributed by atoms with Gasteiger partial charge in [-0.15, -0.1) is 0 Å². The van der Waals surface area contributed by atoms with Crippen LogP contribution in [0.25, 0.3) is 0 Å². The van der Waals surface area contributed by atoms with E-state index in [1.807, 2.05) is 0 Å². The van der Waals surface area contributed by atoms with Crippen LogP contribution in [-0.4, -0.2) is 37.1 Å². The Labute approximate surface area is 82.7 Å². The lowest BCUT2D eigenvalue weighted by atomic mass is 9.92. The molecule has 1 aliphatic heterocycles. The van der Waals surface area contributed by atoms with E-state index in [0.29, 0.717) is 0 Å². The van der Waals surface area contributed by atoms with Crippen molar-refractivity contribution in [2.24, 2.45) is 5.92 Å². The van der Waals surface area contributed by atoms with Crippen LogP contribution < -0.4 is 5.32 Å². The third-order valence-corrected chi connectivity index (χ3v) is 3.41. The molecule has 0 amide bonds. The van der Waals surface area contributed by atoms with Crippen LogP contribution in [0.4, 0.5) is 0 Å². The fraction of sp³-hybridized carbons (Fsp3) is 1.00. The zero-order valence-corrected chi connectivity index (χ0v) is 9.34. The average Bonchev–Trinajstić information content (AvgIpc) is 2.21. The van der Waals surface area contributed by atoms with Crippen LogP contribution in [0.15, 0.2) is 0 Å². The molecule has 2 heteroatoms. The molecule has 1 saturated heterocycles. The normalized spacial score (nSPS) is 26.3. The minimum atomic E-state index is 0.753. The summed E-state index contributed by atoms with van der Waals surface area (Å²) in [6, 6.07) is 0.753. The van der Waals surface area contributed by atoms with E-state index in [0.717, 1.165) is 12.0 Å². The van der Waals surface area contributed by atoms with Crippen molar-refractivity contribution >= 4 is 0 Å². The molecule has 0 radical (unpaired) electrons. The first-order valence-electron chi connectivity index (χ1n) is 5.74. The standard InChI is InChI=1S/C11H24N2/c1-4-13(5-2)10(3)11-7-6-8-12-9-11/h10-12H,4-9H2,1-3H3. The molecule has 1 fully saturated rings. The third kappa shape index (κ3) is 2.96. The Bertz CT molecular complexity index is 126. The van der Waals surface area contributed by atoms with Crippen molar-refractivity contribution in [2.75, 3.05) is 26.2 Å². The van der Waals surface area contributed by atoms with E-state index >= 15 is 0 Å². The van der Waals surface area contributed by atoms with E-state index in [1.54, 1.807) is 0 Å². The van der Waals surface area contributed by atoms with Gasteiger partial charge in [0, 0.05) is 6.04 Å². The van der Waals surface area contributed by atoms with Gasteiger partial charge in [0.05, 0.1) is 0 Å². The maximum Gasteiger partial charge on any atom is 0.0107 e. The number of nitrogens with one attached hydrogen (secondary N) is 1. The van der Waals surface area contributed by atoms with Crippen LogP contribution >= 0.6 is 0 Å². The monoisotopic (exact) mass is 184 g/mol. The lowest BCUT2D eigenvalue weighted by Gasteiger charge is -2.35. The SMILES string of the molecule is CCN(CC)C(C)C1CCCNC1. The molecule has 0 aromatic rings. The topological polar surface area (TPSA) is 15.3 Å². The molecule has 2 nitrogen and oxygen atoms in total. The van der Waals surface area contributed by atoms with Crippen molar-refractivity contribution in [3.63, 3.8) is 0 Å². The van der Waals surface area contributed by atoms with Gasteiger partial charge in [0.1, 0.15) is 0 Å². The highest BCUT2D eigenvalue weighted by Gasteiger charge is 2.22. The summed E-state index contributed by atoms with van der Waals surface area (Å²) in [4.78, 5) is 2.57. The second-order valence-corrected chi connectivity index (χ2v) is 4.07. The summed E-state index contributed by atoms with van der Waals surface area (Å²) < 4.78 is 0. The molecule has 13 heavy (non-hydrogen) atoms. The quantitative estimate of drug-likeness (QED) is 0.715. The minimum Gasteiger partial charge on any atom is -0.316 e. The van der Waals surface area contributed by atoms with Crippen molar-refractivity contribution in [3.05, 3.63) is 0 Å². The molecule has 2 atom stereocenters. The Morgan fingerprint density at radius 1 is 1.38 bits per heavy atom. The highest BCUT2D eigenvalue weighted by molar-refractivity contribution is 4.79. The van der Waals surface area contributed by atoms with Crippen molar-refractivity contribution in [3.8, 4) is 0 Å². The van der Waals surface area contributed by atoms with Crippen LogP contribution in [0.3, 0.4) is 0 Å².